The Morgan fingerprint density at radius 3 is 2.61 bits per heavy atom. The predicted molar refractivity (Wildman–Crippen MR) is 143 cm³/mol. The van der Waals surface area contributed by atoms with Gasteiger partial charge in [-0.15, -0.1) is 0 Å². The van der Waals surface area contributed by atoms with Gasteiger partial charge in [-0.3, -0.25) is 14.4 Å². The molecule has 5 rings (SSSR count). The van der Waals surface area contributed by atoms with Gasteiger partial charge in [-0.2, -0.15) is 0 Å². The van der Waals surface area contributed by atoms with Crippen molar-refractivity contribution < 1.29 is 24.2 Å². The Labute approximate surface area is 223 Å². The fraction of sp³-hybridized carbons (Fsp3) is 0.500. The molecular formula is C30H37N3O5. The van der Waals surface area contributed by atoms with E-state index in [4.69, 9.17) is 4.74 Å². The van der Waals surface area contributed by atoms with Crippen LogP contribution in [0.1, 0.15) is 62.0 Å². The number of rotatable bonds is 5. The van der Waals surface area contributed by atoms with E-state index in [0.717, 1.165) is 36.1 Å². The Hall–Kier alpha value is -3.39. The second kappa shape index (κ2) is 11.6. The first-order valence-electron chi connectivity index (χ1n) is 13.8. The van der Waals surface area contributed by atoms with Gasteiger partial charge in [-0.1, -0.05) is 42.5 Å². The highest BCUT2D eigenvalue weighted by Gasteiger charge is 2.66. The number of aliphatic hydroxyl groups excluding tert-OH is 1. The molecule has 8 nitrogen and oxygen atoms in total. The number of nitrogens with zero attached hydrogens (tertiary/aromatic N) is 1. The van der Waals surface area contributed by atoms with E-state index in [9.17, 15) is 19.5 Å². The quantitative estimate of drug-likeness (QED) is 0.563. The number of amides is 3. The van der Waals surface area contributed by atoms with Crippen LogP contribution < -0.4 is 15.4 Å². The van der Waals surface area contributed by atoms with Crippen LogP contribution in [0, 0.1) is 0 Å². The number of aliphatic hydroxyl groups is 1. The maximum Gasteiger partial charge on any atom is 0.247 e. The SMILES string of the molecule is O=C1N[C@H](CO)CCCCOc2cccc(c2)C2C[C@]2(N2CCCC2=O)C(=O)N[C@H]1CCc1ccccc1. The van der Waals surface area contributed by atoms with Gasteiger partial charge in [0.15, 0.2) is 0 Å². The maximum absolute atomic E-state index is 14.1. The highest BCUT2D eigenvalue weighted by atomic mass is 16.5. The first kappa shape index (κ1) is 26.2. The van der Waals surface area contributed by atoms with Gasteiger partial charge < -0.3 is 25.4 Å². The van der Waals surface area contributed by atoms with Crippen molar-refractivity contribution in [2.45, 2.75) is 74.9 Å². The normalized spacial score (nSPS) is 28.2. The number of aryl methyl sites for hydroxylation is 1. The number of likely N-dealkylation sites (tertiary alicyclic amines) is 1. The first-order chi connectivity index (χ1) is 18.5. The molecule has 0 radical (unpaired) electrons. The van der Waals surface area contributed by atoms with Crippen molar-refractivity contribution >= 4 is 17.7 Å². The summed E-state index contributed by atoms with van der Waals surface area (Å²) < 4.78 is 5.97. The molecule has 38 heavy (non-hydrogen) atoms. The van der Waals surface area contributed by atoms with E-state index in [-0.39, 0.29) is 30.2 Å². The number of nitrogens with one attached hydrogen (secondary N) is 2. The summed E-state index contributed by atoms with van der Waals surface area (Å²) in [7, 11) is 0. The van der Waals surface area contributed by atoms with Crippen LogP contribution in [-0.2, 0) is 20.8 Å². The van der Waals surface area contributed by atoms with Crippen LogP contribution >= 0.6 is 0 Å². The molecule has 1 saturated heterocycles. The van der Waals surface area contributed by atoms with Gasteiger partial charge in [-0.25, -0.2) is 0 Å². The lowest BCUT2D eigenvalue weighted by Crippen LogP contribution is -2.57. The van der Waals surface area contributed by atoms with Gasteiger partial charge in [-0.05, 0) is 68.2 Å². The summed E-state index contributed by atoms with van der Waals surface area (Å²) in [5.74, 6) is -0.0286. The number of fused-ring (bicyclic) bond motifs is 4. The zero-order valence-corrected chi connectivity index (χ0v) is 21.7. The lowest BCUT2D eigenvalue weighted by Gasteiger charge is -2.31. The van der Waals surface area contributed by atoms with E-state index in [1.807, 2.05) is 54.6 Å². The average molecular weight is 520 g/mol. The predicted octanol–water partition coefficient (Wildman–Crippen LogP) is 2.69. The number of ether oxygens (including phenoxy) is 1. The molecular weight excluding hydrogens is 482 g/mol. The molecule has 8 heteroatoms. The van der Waals surface area contributed by atoms with E-state index in [1.54, 1.807) is 4.90 Å². The third-order valence-corrected chi connectivity index (χ3v) is 8.11. The van der Waals surface area contributed by atoms with Crippen molar-refractivity contribution in [1.29, 1.82) is 0 Å². The molecule has 2 aromatic carbocycles. The highest BCUT2D eigenvalue weighted by Crippen LogP contribution is 2.57. The lowest BCUT2D eigenvalue weighted by atomic mass is 10.0. The summed E-state index contributed by atoms with van der Waals surface area (Å²) in [6.07, 6.45) is 4.88. The van der Waals surface area contributed by atoms with E-state index < -0.39 is 17.6 Å². The molecule has 202 valence electrons. The van der Waals surface area contributed by atoms with Crippen LogP contribution in [0.4, 0.5) is 0 Å². The second-order valence-corrected chi connectivity index (χ2v) is 10.7. The Bertz CT molecular complexity index is 1160. The number of hydrogen-bond donors (Lipinski definition) is 3. The fourth-order valence-electron chi connectivity index (χ4n) is 5.91. The van der Waals surface area contributed by atoms with Crippen molar-refractivity contribution in [3.05, 3.63) is 65.7 Å². The molecule has 3 amide bonds. The summed E-state index contributed by atoms with van der Waals surface area (Å²) in [6.45, 7) is 0.880. The average Bonchev–Trinajstić information content (AvgIpc) is 3.55. The van der Waals surface area contributed by atoms with Crippen molar-refractivity contribution in [3.8, 4) is 5.75 Å². The van der Waals surface area contributed by atoms with E-state index >= 15 is 0 Å². The number of hydrogen-bond acceptors (Lipinski definition) is 5. The molecule has 4 atom stereocenters. The molecule has 2 fully saturated rings. The van der Waals surface area contributed by atoms with Crippen molar-refractivity contribution in [3.63, 3.8) is 0 Å². The summed E-state index contributed by atoms with van der Waals surface area (Å²) in [6, 6.07) is 16.5. The van der Waals surface area contributed by atoms with Crippen molar-refractivity contribution in [1.82, 2.24) is 15.5 Å². The third-order valence-electron chi connectivity index (χ3n) is 8.11. The second-order valence-electron chi connectivity index (χ2n) is 10.7. The molecule has 2 aliphatic heterocycles. The van der Waals surface area contributed by atoms with Gasteiger partial charge in [0.2, 0.25) is 17.7 Å². The van der Waals surface area contributed by atoms with E-state index in [0.29, 0.717) is 45.3 Å². The minimum atomic E-state index is -1.01. The van der Waals surface area contributed by atoms with Crippen molar-refractivity contribution in [2.75, 3.05) is 19.8 Å². The summed E-state index contributed by atoms with van der Waals surface area (Å²) in [5.41, 5.74) is 1.03. The largest absolute Gasteiger partial charge is 0.494 e. The van der Waals surface area contributed by atoms with Gasteiger partial charge in [0.1, 0.15) is 17.3 Å². The zero-order valence-electron chi connectivity index (χ0n) is 21.7. The topological polar surface area (TPSA) is 108 Å². The molecule has 2 bridgehead atoms. The molecule has 1 aliphatic carbocycles. The van der Waals surface area contributed by atoms with Crippen LogP contribution in [-0.4, -0.2) is 65.1 Å². The molecule has 3 N–H and O–H groups in total. The summed E-state index contributed by atoms with van der Waals surface area (Å²) >= 11 is 0. The molecule has 2 aromatic rings. The standard InChI is InChI=1S/C30H37N3O5/c34-20-23-11-4-5-17-38-24-12-6-10-22(18-24)25-19-30(25,33-16-7-13-27(33)35)29(37)32-26(28(36)31-23)15-14-21-8-2-1-3-9-21/h1-3,6,8-10,12,18,23,25-26,34H,4-5,7,11,13-17,19-20H2,(H,31,36)(H,32,37)/t23-,25?,26-,30+/m0/s1. The van der Waals surface area contributed by atoms with Crippen LogP contribution in [0.2, 0.25) is 0 Å². The number of benzene rings is 2. The Kier molecular flexibility index (Phi) is 7.98. The van der Waals surface area contributed by atoms with Crippen LogP contribution in [0.5, 0.6) is 5.75 Å². The minimum absolute atomic E-state index is 0.0184. The van der Waals surface area contributed by atoms with E-state index in [1.165, 1.54) is 0 Å². The smallest absolute Gasteiger partial charge is 0.247 e. The Balaban J connectivity index is 1.45. The highest BCUT2D eigenvalue weighted by molar-refractivity contribution is 5.99. The molecule has 1 unspecified atom stereocenters. The first-order valence-corrected chi connectivity index (χ1v) is 13.8. The molecule has 3 aliphatic rings. The van der Waals surface area contributed by atoms with Gasteiger partial charge in [0.05, 0.1) is 19.3 Å². The summed E-state index contributed by atoms with van der Waals surface area (Å²) in [5, 5.41) is 15.9. The minimum Gasteiger partial charge on any atom is -0.494 e. The Morgan fingerprint density at radius 2 is 1.84 bits per heavy atom. The van der Waals surface area contributed by atoms with Crippen LogP contribution in [0.25, 0.3) is 0 Å². The molecule has 0 spiro atoms. The van der Waals surface area contributed by atoms with Gasteiger partial charge in [0.25, 0.3) is 0 Å². The fourth-order valence-corrected chi connectivity index (χ4v) is 5.91. The maximum atomic E-state index is 14.1. The van der Waals surface area contributed by atoms with Gasteiger partial charge in [0, 0.05) is 18.9 Å². The van der Waals surface area contributed by atoms with Crippen LogP contribution in [0.3, 0.4) is 0 Å². The number of carbonyl (C=O) groups excluding carboxylic acids is 3. The van der Waals surface area contributed by atoms with Gasteiger partial charge >= 0.3 is 0 Å². The monoisotopic (exact) mass is 519 g/mol. The molecule has 2 heterocycles. The molecule has 1 saturated carbocycles. The van der Waals surface area contributed by atoms with Crippen LogP contribution in [0.15, 0.2) is 54.6 Å². The number of carbonyl (C=O) groups is 3. The Morgan fingerprint density at radius 1 is 1.00 bits per heavy atom. The third kappa shape index (κ3) is 5.55. The summed E-state index contributed by atoms with van der Waals surface area (Å²) in [4.78, 5) is 42.1. The zero-order chi connectivity index (χ0) is 26.5. The lowest BCUT2D eigenvalue weighted by molar-refractivity contribution is -0.140. The van der Waals surface area contributed by atoms with Crippen molar-refractivity contribution in [2.24, 2.45) is 0 Å². The van der Waals surface area contributed by atoms with E-state index in [2.05, 4.69) is 10.6 Å². The molecule has 0 aromatic heterocycles.